The number of nitrogens with one attached hydrogen (secondary N) is 4. The first-order chi connectivity index (χ1) is 15.3. The summed E-state index contributed by atoms with van der Waals surface area (Å²) in [6.07, 6.45) is 1.19. The van der Waals surface area contributed by atoms with E-state index in [0.29, 0.717) is 11.4 Å². The molecule has 1 aromatic heterocycles. The fourth-order valence-electron chi connectivity index (χ4n) is 2.37. The molecule has 11 heteroatoms. The largest absolute Gasteiger partial charge is 0.458 e. The normalized spacial score (nSPS) is 10.6. The van der Waals surface area contributed by atoms with Crippen molar-refractivity contribution >= 4 is 35.5 Å². The van der Waals surface area contributed by atoms with Gasteiger partial charge in [0.15, 0.2) is 0 Å². The van der Waals surface area contributed by atoms with Gasteiger partial charge in [-0.25, -0.2) is 5.43 Å². The zero-order chi connectivity index (χ0) is 23.5. The first-order valence-corrected chi connectivity index (χ1v) is 9.65. The van der Waals surface area contributed by atoms with Crippen LogP contribution in [0.1, 0.15) is 22.6 Å². The van der Waals surface area contributed by atoms with Crippen LogP contribution in [0.15, 0.2) is 39.9 Å². The Labute approximate surface area is 184 Å². The Morgan fingerprint density at radius 3 is 2.44 bits per heavy atom. The Balaban J connectivity index is 1.77. The number of hydrogen-bond acceptors (Lipinski definition) is 7. The van der Waals surface area contributed by atoms with E-state index in [9.17, 15) is 19.2 Å². The van der Waals surface area contributed by atoms with Crippen LogP contribution in [0.2, 0.25) is 0 Å². The maximum absolute atomic E-state index is 12.0. The number of amides is 4. The van der Waals surface area contributed by atoms with Gasteiger partial charge in [-0.2, -0.15) is 5.10 Å². The summed E-state index contributed by atoms with van der Waals surface area (Å²) in [4.78, 5) is 47.0. The van der Waals surface area contributed by atoms with Gasteiger partial charge in [-0.3, -0.25) is 19.2 Å². The molecule has 0 fully saturated rings. The Kier molecular flexibility index (Phi) is 9.11. The molecule has 11 nitrogen and oxygen atoms in total. The smallest absolute Gasteiger partial charge is 0.329 e. The molecular formula is C21H25N5O6. The van der Waals surface area contributed by atoms with E-state index in [4.69, 9.17) is 9.15 Å². The highest BCUT2D eigenvalue weighted by Gasteiger charge is 2.15. The minimum absolute atomic E-state index is 0.0265. The summed E-state index contributed by atoms with van der Waals surface area (Å²) in [5.41, 5.74) is 4.66. The number of furan rings is 1. The van der Waals surface area contributed by atoms with E-state index in [-0.39, 0.29) is 25.5 Å². The lowest BCUT2D eigenvalue weighted by molar-refractivity contribution is -0.139. The van der Waals surface area contributed by atoms with Gasteiger partial charge in [0.05, 0.1) is 19.4 Å². The van der Waals surface area contributed by atoms with Gasteiger partial charge >= 0.3 is 23.6 Å². The van der Waals surface area contributed by atoms with Crippen molar-refractivity contribution in [2.75, 3.05) is 25.6 Å². The average Bonchev–Trinajstić information content (AvgIpc) is 3.22. The minimum Gasteiger partial charge on any atom is -0.458 e. The van der Waals surface area contributed by atoms with Gasteiger partial charge < -0.3 is 25.1 Å². The SMILES string of the molecule is COCCNC(=O)C(=O)NN=Cc1ccc(CNC(=O)C(=O)Nc2ccc(C)c(C)c2)o1. The van der Waals surface area contributed by atoms with Crippen LogP contribution in [0, 0.1) is 13.8 Å². The predicted molar refractivity (Wildman–Crippen MR) is 116 cm³/mol. The number of anilines is 1. The summed E-state index contributed by atoms with van der Waals surface area (Å²) in [6, 6.07) is 8.46. The maximum atomic E-state index is 12.0. The van der Waals surface area contributed by atoms with Gasteiger partial charge in [0.25, 0.3) is 0 Å². The minimum atomic E-state index is -0.939. The summed E-state index contributed by atoms with van der Waals surface area (Å²) < 4.78 is 10.2. The lowest BCUT2D eigenvalue weighted by atomic mass is 10.1. The van der Waals surface area contributed by atoms with Crippen LogP contribution in [0.3, 0.4) is 0 Å². The molecule has 0 bridgehead atoms. The van der Waals surface area contributed by atoms with Crippen molar-refractivity contribution in [2.45, 2.75) is 20.4 Å². The van der Waals surface area contributed by atoms with Gasteiger partial charge in [0.1, 0.15) is 11.5 Å². The number of carbonyl (C=O) groups is 4. The van der Waals surface area contributed by atoms with Crippen molar-refractivity contribution in [1.82, 2.24) is 16.1 Å². The quantitative estimate of drug-likeness (QED) is 0.200. The number of hydrazone groups is 1. The zero-order valence-corrected chi connectivity index (χ0v) is 18.0. The molecule has 0 unspecified atom stereocenters. The molecule has 2 rings (SSSR count). The molecule has 170 valence electrons. The van der Waals surface area contributed by atoms with Crippen LogP contribution in [0.5, 0.6) is 0 Å². The third-order valence-electron chi connectivity index (χ3n) is 4.23. The van der Waals surface area contributed by atoms with Crippen LogP contribution in [0.4, 0.5) is 5.69 Å². The predicted octanol–water partition coefficient (Wildman–Crippen LogP) is 0.364. The number of hydrogen-bond donors (Lipinski definition) is 4. The Morgan fingerprint density at radius 2 is 1.72 bits per heavy atom. The second-order valence-corrected chi connectivity index (χ2v) is 6.69. The molecule has 1 aromatic carbocycles. The average molecular weight is 443 g/mol. The first-order valence-electron chi connectivity index (χ1n) is 9.65. The molecule has 4 amide bonds. The number of carbonyl (C=O) groups excluding carboxylic acids is 4. The fraction of sp³-hybridized carbons (Fsp3) is 0.286. The van der Waals surface area contributed by atoms with Crippen LogP contribution >= 0.6 is 0 Å². The summed E-state index contributed by atoms with van der Waals surface area (Å²) in [5, 5.41) is 11.0. The van der Waals surface area contributed by atoms with E-state index >= 15 is 0 Å². The number of aryl methyl sites for hydroxylation is 2. The Morgan fingerprint density at radius 1 is 0.969 bits per heavy atom. The molecule has 0 aliphatic carbocycles. The van der Waals surface area contributed by atoms with E-state index in [2.05, 4.69) is 26.5 Å². The molecule has 0 spiro atoms. The van der Waals surface area contributed by atoms with Crippen molar-refractivity contribution in [3.8, 4) is 0 Å². The molecule has 0 radical (unpaired) electrons. The molecule has 0 aliphatic heterocycles. The topological polar surface area (TPSA) is 151 Å². The van der Waals surface area contributed by atoms with Gasteiger partial charge in [-0.05, 0) is 49.2 Å². The van der Waals surface area contributed by atoms with Crippen LogP contribution in [-0.4, -0.2) is 50.1 Å². The number of benzene rings is 1. The molecule has 0 saturated heterocycles. The zero-order valence-electron chi connectivity index (χ0n) is 18.0. The second kappa shape index (κ2) is 12.0. The van der Waals surface area contributed by atoms with Gasteiger partial charge in [-0.15, -0.1) is 0 Å². The standard InChI is InChI=1S/C21H25N5O6/c1-13-4-5-15(10-14(13)2)25-20(29)18(27)23-11-16-6-7-17(32-16)12-24-26-21(30)19(28)22-8-9-31-3/h4-7,10,12H,8-9,11H2,1-3H3,(H,22,28)(H,23,27)(H,25,29)(H,26,30). The molecule has 1 heterocycles. The summed E-state index contributed by atoms with van der Waals surface area (Å²) >= 11 is 0. The number of methoxy groups -OCH3 is 1. The lowest BCUT2D eigenvalue weighted by Crippen LogP contribution is -2.39. The molecule has 0 saturated carbocycles. The second-order valence-electron chi connectivity index (χ2n) is 6.69. The van der Waals surface area contributed by atoms with E-state index in [1.165, 1.54) is 13.3 Å². The third-order valence-corrected chi connectivity index (χ3v) is 4.23. The Hall–Kier alpha value is -3.99. The van der Waals surface area contributed by atoms with E-state index in [1.807, 2.05) is 19.9 Å². The van der Waals surface area contributed by atoms with E-state index in [1.54, 1.807) is 24.3 Å². The third kappa shape index (κ3) is 7.69. The highest BCUT2D eigenvalue weighted by molar-refractivity contribution is 6.39. The first kappa shape index (κ1) is 24.3. The summed E-state index contributed by atoms with van der Waals surface area (Å²) in [7, 11) is 1.47. The fourth-order valence-corrected chi connectivity index (χ4v) is 2.37. The van der Waals surface area contributed by atoms with Crippen LogP contribution in [0.25, 0.3) is 0 Å². The van der Waals surface area contributed by atoms with E-state index in [0.717, 1.165) is 11.1 Å². The van der Waals surface area contributed by atoms with E-state index < -0.39 is 23.6 Å². The summed E-state index contributed by atoms with van der Waals surface area (Å²) in [5.74, 6) is -2.77. The number of nitrogens with zero attached hydrogens (tertiary/aromatic N) is 1. The molecule has 4 N–H and O–H groups in total. The van der Waals surface area contributed by atoms with Crippen molar-refractivity contribution in [3.05, 3.63) is 53.0 Å². The monoisotopic (exact) mass is 443 g/mol. The molecular weight excluding hydrogens is 418 g/mol. The molecule has 0 atom stereocenters. The number of ether oxygens (including phenoxy) is 1. The van der Waals surface area contributed by atoms with Gasteiger partial charge in [0, 0.05) is 19.3 Å². The van der Waals surface area contributed by atoms with Crippen molar-refractivity contribution in [2.24, 2.45) is 5.10 Å². The van der Waals surface area contributed by atoms with Crippen LogP contribution < -0.4 is 21.4 Å². The molecule has 32 heavy (non-hydrogen) atoms. The molecule has 0 aliphatic rings. The number of rotatable bonds is 8. The van der Waals surface area contributed by atoms with Gasteiger partial charge in [-0.1, -0.05) is 6.07 Å². The van der Waals surface area contributed by atoms with Crippen molar-refractivity contribution < 1.29 is 28.3 Å². The van der Waals surface area contributed by atoms with Crippen molar-refractivity contribution in [1.29, 1.82) is 0 Å². The highest BCUT2D eigenvalue weighted by atomic mass is 16.5. The van der Waals surface area contributed by atoms with Crippen LogP contribution in [-0.2, 0) is 30.5 Å². The van der Waals surface area contributed by atoms with Gasteiger partial charge in [0.2, 0.25) is 0 Å². The Bertz CT molecular complexity index is 1010. The highest BCUT2D eigenvalue weighted by Crippen LogP contribution is 2.14. The summed E-state index contributed by atoms with van der Waals surface area (Å²) in [6.45, 7) is 4.31. The van der Waals surface area contributed by atoms with Crippen molar-refractivity contribution in [3.63, 3.8) is 0 Å². The maximum Gasteiger partial charge on any atom is 0.329 e. The lowest BCUT2D eigenvalue weighted by Gasteiger charge is -2.07. The molecule has 2 aromatic rings.